The molecule has 0 bridgehead atoms. The Hall–Kier alpha value is -1.00. The van der Waals surface area contributed by atoms with E-state index in [0.29, 0.717) is 6.04 Å². The van der Waals surface area contributed by atoms with Crippen LogP contribution in [0.3, 0.4) is 0 Å². The molecule has 1 N–H and O–H groups in total. The average molecular weight is 249 g/mol. The van der Waals surface area contributed by atoms with Gasteiger partial charge in [-0.2, -0.15) is 0 Å². The number of hydrogen-bond acceptors (Lipinski definition) is 3. The van der Waals surface area contributed by atoms with Crippen molar-refractivity contribution >= 4 is 17.4 Å². The van der Waals surface area contributed by atoms with Crippen LogP contribution in [-0.2, 0) is 6.54 Å². The Morgan fingerprint density at radius 3 is 2.94 bits per heavy atom. The Morgan fingerprint density at radius 2 is 2.24 bits per heavy atom. The molecule has 0 aliphatic heterocycles. The van der Waals surface area contributed by atoms with E-state index in [-0.39, 0.29) is 0 Å². The third-order valence-corrected chi connectivity index (χ3v) is 3.44. The van der Waals surface area contributed by atoms with E-state index in [1.54, 1.807) is 0 Å². The molecule has 0 saturated carbocycles. The van der Waals surface area contributed by atoms with Gasteiger partial charge in [-0.1, -0.05) is 26.8 Å². The summed E-state index contributed by atoms with van der Waals surface area (Å²) in [6.45, 7) is 7.35. The van der Waals surface area contributed by atoms with Crippen molar-refractivity contribution < 1.29 is 0 Å². The zero-order valence-corrected chi connectivity index (χ0v) is 11.4. The molecule has 2 aromatic rings. The molecule has 0 fully saturated rings. The highest BCUT2D eigenvalue weighted by molar-refractivity contribution is 7.99. The molecule has 0 atom stereocenters. The van der Waals surface area contributed by atoms with Crippen molar-refractivity contribution in [3.63, 3.8) is 0 Å². The topological polar surface area (TPSA) is 29.3 Å². The Labute approximate surface area is 107 Å². The molecule has 0 aromatic carbocycles. The summed E-state index contributed by atoms with van der Waals surface area (Å²) in [6.07, 6.45) is 2.08. The molecule has 2 aromatic heterocycles. The lowest BCUT2D eigenvalue weighted by Crippen LogP contribution is -2.23. The summed E-state index contributed by atoms with van der Waals surface area (Å²) in [4.78, 5) is 4.67. The summed E-state index contributed by atoms with van der Waals surface area (Å²) < 4.78 is 2.17. The van der Waals surface area contributed by atoms with E-state index in [0.717, 1.165) is 23.0 Å². The molecule has 92 valence electrons. The van der Waals surface area contributed by atoms with Crippen molar-refractivity contribution in [1.82, 2.24) is 14.7 Å². The first kappa shape index (κ1) is 12.5. The minimum absolute atomic E-state index is 0.490. The number of aromatic nitrogens is 2. The zero-order valence-electron chi connectivity index (χ0n) is 10.6. The molecule has 0 aliphatic carbocycles. The third kappa shape index (κ3) is 2.82. The largest absolute Gasteiger partial charge is 0.309 e. The molecule has 4 heteroatoms. The maximum Gasteiger partial charge on any atom is 0.138 e. The number of imidazole rings is 1. The van der Waals surface area contributed by atoms with Gasteiger partial charge >= 0.3 is 0 Å². The lowest BCUT2D eigenvalue weighted by molar-refractivity contribution is 0.574. The number of pyridine rings is 1. The second-order valence-corrected chi connectivity index (χ2v) is 5.51. The minimum Gasteiger partial charge on any atom is -0.309 e. The van der Waals surface area contributed by atoms with Crippen LogP contribution < -0.4 is 5.32 Å². The zero-order chi connectivity index (χ0) is 12.3. The van der Waals surface area contributed by atoms with Crippen LogP contribution in [-0.4, -0.2) is 21.2 Å². The fraction of sp³-hybridized carbons (Fsp3) is 0.462. The monoisotopic (exact) mass is 249 g/mol. The Kier molecular flexibility index (Phi) is 4.07. The molecule has 3 nitrogen and oxygen atoms in total. The molecule has 0 saturated heterocycles. The highest BCUT2D eigenvalue weighted by Crippen LogP contribution is 2.23. The smallest absolute Gasteiger partial charge is 0.138 e. The van der Waals surface area contributed by atoms with Crippen LogP contribution in [0.15, 0.2) is 29.4 Å². The molecule has 0 amide bonds. The van der Waals surface area contributed by atoms with Gasteiger partial charge < -0.3 is 9.72 Å². The minimum atomic E-state index is 0.490. The van der Waals surface area contributed by atoms with Crippen LogP contribution in [0.25, 0.3) is 5.65 Å². The fourth-order valence-corrected chi connectivity index (χ4v) is 2.51. The number of nitrogens with zero attached hydrogens (tertiary/aromatic N) is 2. The first-order valence-corrected chi connectivity index (χ1v) is 7.03. The summed E-state index contributed by atoms with van der Waals surface area (Å²) in [6, 6.07) is 6.62. The lowest BCUT2D eigenvalue weighted by Gasteiger charge is -2.09. The van der Waals surface area contributed by atoms with Gasteiger partial charge in [-0.25, -0.2) is 4.98 Å². The number of nitrogens with one attached hydrogen (secondary N) is 1. The first-order valence-electron chi connectivity index (χ1n) is 6.04. The van der Waals surface area contributed by atoms with Gasteiger partial charge in [-0.15, -0.1) is 11.8 Å². The maximum absolute atomic E-state index is 4.67. The van der Waals surface area contributed by atoms with Crippen LogP contribution in [0.2, 0.25) is 0 Å². The van der Waals surface area contributed by atoms with Gasteiger partial charge in [-0.3, -0.25) is 0 Å². The van der Waals surface area contributed by atoms with Crippen molar-refractivity contribution in [3.8, 4) is 0 Å². The maximum atomic E-state index is 4.67. The molecule has 0 radical (unpaired) electrons. The van der Waals surface area contributed by atoms with E-state index in [9.17, 15) is 0 Å². The normalized spacial score (nSPS) is 11.5. The molecule has 17 heavy (non-hydrogen) atoms. The predicted octanol–water partition coefficient (Wildman–Crippen LogP) is 2.94. The quantitative estimate of drug-likeness (QED) is 0.826. The van der Waals surface area contributed by atoms with Crippen molar-refractivity contribution in [2.45, 2.75) is 38.4 Å². The Bertz CT molecular complexity index is 490. The molecule has 2 heterocycles. The van der Waals surface area contributed by atoms with Gasteiger partial charge in [-0.05, 0) is 17.9 Å². The van der Waals surface area contributed by atoms with Crippen molar-refractivity contribution in [1.29, 1.82) is 0 Å². The Morgan fingerprint density at radius 1 is 1.41 bits per heavy atom. The van der Waals surface area contributed by atoms with Crippen LogP contribution in [0.4, 0.5) is 0 Å². The average Bonchev–Trinajstić information content (AvgIpc) is 2.64. The molecular formula is C13H19N3S. The van der Waals surface area contributed by atoms with Gasteiger partial charge in [0.25, 0.3) is 0 Å². The van der Waals surface area contributed by atoms with Gasteiger partial charge in [0.1, 0.15) is 10.7 Å². The van der Waals surface area contributed by atoms with E-state index >= 15 is 0 Å². The van der Waals surface area contributed by atoms with Gasteiger partial charge in [0.15, 0.2) is 0 Å². The number of fused-ring (bicyclic) bond motifs is 1. The molecule has 2 rings (SSSR count). The van der Waals surface area contributed by atoms with Gasteiger partial charge in [0.05, 0.1) is 5.69 Å². The molecule has 0 spiro atoms. The van der Waals surface area contributed by atoms with E-state index in [4.69, 9.17) is 0 Å². The van der Waals surface area contributed by atoms with E-state index in [2.05, 4.69) is 47.7 Å². The molecule has 0 aliphatic rings. The Balaban J connectivity index is 2.37. The third-order valence-electron chi connectivity index (χ3n) is 2.55. The van der Waals surface area contributed by atoms with E-state index in [1.807, 2.05) is 23.9 Å². The summed E-state index contributed by atoms with van der Waals surface area (Å²) in [5, 5.41) is 4.61. The van der Waals surface area contributed by atoms with E-state index < -0.39 is 0 Å². The molecule has 0 unspecified atom stereocenters. The van der Waals surface area contributed by atoms with Crippen LogP contribution >= 0.6 is 11.8 Å². The summed E-state index contributed by atoms with van der Waals surface area (Å²) in [5.41, 5.74) is 2.30. The second kappa shape index (κ2) is 5.56. The first-order chi connectivity index (χ1) is 8.22. The van der Waals surface area contributed by atoms with Crippen LogP contribution in [0.1, 0.15) is 26.5 Å². The van der Waals surface area contributed by atoms with Crippen LogP contribution in [0, 0.1) is 0 Å². The predicted molar refractivity (Wildman–Crippen MR) is 73.6 cm³/mol. The highest BCUT2D eigenvalue weighted by Gasteiger charge is 2.11. The van der Waals surface area contributed by atoms with Gasteiger partial charge in [0, 0.05) is 18.8 Å². The summed E-state index contributed by atoms with van der Waals surface area (Å²) in [7, 11) is 0. The lowest BCUT2D eigenvalue weighted by atomic mass is 10.3. The summed E-state index contributed by atoms with van der Waals surface area (Å²) in [5.74, 6) is 1.05. The highest BCUT2D eigenvalue weighted by atomic mass is 32.2. The van der Waals surface area contributed by atoms with Gasteiger partial charge in [0.2, 0.25) is 0 Å². The molecular weight excluding hydrogens is 230 g/mol. The van der Waals surface area contributed by atoms with Crippen molar-refractivity contribution in [2.24, 2.45) is 0 Å². The van der Waals surface area contributed by atoms with Crippen LogP contribution in [0.5, 0.6) is 0 Å². The number of thioether (sulfide) groups is 1. The second-order valence-electron chi connectivity index (χ2n) is 4.26. The standard InChI is InChI=1S/C13H19N3S/c1-4-17-13-11(9-14-10(2)3)16-8-6-5-7-12(16)15-13/h5-8,10,14H,4,9H2,1-3H3. The number of rotatable bonds is 5. The number of hydrogen-bond donors (Lipinski definition) is 1. The SMILES string of the molecule is CCSc1nc2ccccn2c1CNC(C)C. The van der Waals surface area contributed by atoms with Crippen molar-refractivity contribution in [3.05, 3.63) is 30.1 Å². The van der Waals surface area contributed by atoms with E-state index in [1.165, 1.54) is 5.69 Å². The fourth-order valence-electron chi connectivity index (χ4n) is 1.74. The summed E-state index contributed by atoms with van der Waals surface area (Å²) >= 11 is 1.81. The van der Waals surface area contributed by atoms with Crippen molar-refractivity contribution in [2.75, 3.05) is 5.75 Å².